The van der Waals surface area contributed by atoms with Crippen molar-refractivity contribution in [3.05, 3.63) is 108 Å². The number of likely N-dealkylation sites (tertiary alicyclic amines) is 2. The summed E-state index contributed by atoms with van der Waals surface area (Å²) in [5.41, 5.74) is 3.40. The quantitative estimate of drug-likeness (QED) is 0.128. The second kappa shape index (κ2) is 20.9. The summed E-state index contributed by atoms with van der Waals surface area (Å²) in [5.74, 6) is 0.266. The van der Waals surface area contributed by atoms with Gasteiger partial charge < -0.3 is 35.8 Å². The zero-order chi connectivity index (χ0) is 40.6. The zero-order valence-electron chi connectivity index (χ0n) is 31.8. The predicted octanol–water partition coefficient (Wildman–Crippen LogP) is 5.39. The summed E-state index contributed by atoms with van der Waals surface area (Å²) in [4.78, 5) is 78.0. The first kappa shape index (κ1) is 41.6. The molecule has 16 heteroatoms. The van der Waals surface area contributed by atoms with E-state index in [1.807, 2.05) is 100 Å². The SMILES string of the molecule is CC(=O)NC(C(=O)N1CCCC1)c1ccccc1.COC(=O)NC(C(=O)N1CCCC1)c1ccccc1.O=CNc1ccc(-c2cn3cc(NC=O)nc3s2)cc1. The summed E-state index contributed by atoms with van der Waals surface area (Å²) < 4.78 is 6.46. The number of rotatable bonds is 11. The van der Waals surface area contributed by atoms with Crippen molar-refractivity contribution in [3.8, 4) is 10.4 Å². The van der Waals surface area contributed by atoms with Gasteiger partial charge in [0.25, 0.3) is 0 Å². The maximum absolute atomic E-state index is 12.5. The lowest BCUT2D eigenvalue weighted by atomic mass is 10.1. The number of fused-ring (bicyclic) bond motifs is 1. The number of hydrogen-bond donors (Lipinski definition) is 4. The molecule has 0 spiro atoms. The van der Waals surface area contributed by atoms with Crippen LogP contribution in [0, 0.1) is 0 Å². The highest BCUT2D eigenvalue weighted by atomic mass is 32.1. The second-order valence-corrected chi connectivity index (χ2v) is 14.1. The van der Waals surface area contributed by atoms with Gasteiger partial charge >= 0.3 is 6.09 Å². The van der Waals surface area contributed by atoms with Gasteiger partial charge in [0, 0.05) is 45.0 Å². The van der Waals surface area contributed by atoms with Crippen LogP contribution in [0.2, 0.25) is 0 Å². The molecule has 0 saturated carbocycles. The lowest BCUT2D eigenvalue weighted by molar-refractivity contribution is -0.135. The molecule has 6 amide bonds. The molecule has 2 aliphatic heterocycles. The Hall–Kier alpha value is -6.55. The molecular formula is C41H46N8O7S. The summed E-state index contributed by atoms with van der Waals surface area (Å²) in [5, 5.41) is 10.5. The summed E-state index contributed by atoms with van der Waals surface area (Å²) in [6, 6.07) is 24.9. The number of ether oxygens (including phenoxy) is 1. The summed E-state index contributed by atoms with van der Waals surface area (Å²) in [7, 11) is 1.29. The molecule has 7 rings (SSSR count). The lowest BCUT2D eigenvalue weighted by Crippen LogP contribution is -2.41. The second-order valence-electron chi connectivity index (χ2n) is 13.1. The Kier molecular flexibility index (Phi) is 15.3. The van der Waals surface area contributed by atoms with Gasteiger partial charge in [-0.1, -0.05) is 84.1 Å². The minimum absolute atomic E-state index is 0.00565. The fraction of sp³-hybridized carbons (Fsp3) is 0.293. The number of imidazole rings is 1. The largest absolute Gasteiger partial charge is 0.453 e. The Morgan fingerprint density at radius 1 is 0.702 bits per heavy atom. The van der Waals surface area contributed by atoms with E-state index in [-0.39, 0.29) is 17.7 Å². The molecule has 2 aromatic heterocycles. The van der Waals surface area contributed by atoms with Gasteiger partial charge in [-0.3, -0.25) is 28.4 Å². The number of aromatic nitrogens is 2. The van der Waals surface area contributed by atoms with E-state index in [0.29, 0.717) is 18.6 Å². The monoisotopic (exact) mass is 794 g/mol. The third-order valence-electron chi connectivity index (χ3n) is 9.15. The van der Waals surface area contributed by atoms with Crippen LogP contribution in [-0.4, -0.2) is 89.1 Å². The maximum Gasteiger partial charge on any atom is 0.407 e. The Morgan fingerprint density at radius 3 is 1.67 bits per heavy atom. The smallest absolute Gasteiger partial charge is 0.407 e. The van der Waals surface area contributed by atoms with Crippen molar-refractivity contribution in [1.82, 2.24) is 29.8 Å². The molecular weight excluding hydrogens is 749 g/mol. The topological polar surface area (TPSA) is 184 Å². The molecule has 2 atom stereocenters. The van der Waals surface area contributed by atoms with Gasteiger partial charge in [-0.2, -0.15) is 0 Å². The maximum atomic E-state index is 12.5. The fourth-order valence-electron chi connectivity index (χ4n) is 6.34. The number of alkyl carbamates (subject to hydrolysis) is 1. The van der Waals surface area contributed by atoms with Gasteiger partial charge in [0.2, 0.25) is 30.5 Å². The molecule has 3 aromatic carbocycles. The van der Waals surface area contributed by atoms with Gasteiger partial charge in [-0.25, -0.2) is 9.78 Å². The number of methoxy groups -OCH3 is 1. The Labute approximate surface area is 334 Å². The van der Waals surface area contributed by atoms with Crippen molar-refractivity contribution < 1.29 is 33.5 Å². The van der Waals surface area contributed by atoms with E-state index in [0.717, 1.165) is 84.1 Å². The summed E-state index contributed by atoms with van der Waals surface area (Å²) in [6.45, 7) is 4.53. The van der Waals surface area contributed by atoms with E-state index in [1.54, 1.807) is 11.1 Å². The first-order chi connectivity index (χ1) is 27.7. The highest BCUT2D eigenvalue weighted by Gasteiger charge is 2.30. The van der Waals surface area contributed by atoms with Crippen LogP contribution in [0.25, 0.3) is 15.4 Å². The number of hydrogen-bond acceptors (Lipinski definition) is 9. The number of thiazole rings is 1. The first-order valence-electron chi connectivity index (χ1n) is 18.5. The van der Waals surface area contributed by atoms with E-state index in [9.17, 15) is 28.8 Å². The number of amides is 6. The molecule has 298 valence electrons. The van der Waals surface area contributed by atoms with Crippen LogP contribution >= 0.6 is 11.3 Å². The standard InChI is InChI=1S/C14H18N2O3.C14H18N2O2.C13H10N4O2S/c1-19-14(18)15-12(11-7-3-2-4-8-11)13(17)16-9-5-6-10-16;1-11(17)15-13(12-7-3-2-4-8-12)14(18)16-9-5-6-10-16;18-7-14-10-3-1-9(2-4-10)11-5-17-6-12(15-8-19)16-13(17)20-11/h2-4,7-8,12H,5-6,9-10H2,1H3,(H,15,18);2-4,7-8,13H,5-6,9-10H2,1H3,(H,15,17);1-8H,(H,14,18)(H,15,19). The molecule has 2 saturated heterocycles. The van der Waals surface area contributed by atoms with E-state index < -0.39 is 18.2 Å². The third kappa shape index (κ3) is 11.7. The number of carbonyl (C=O) groups is 6. The normalized spacial score (nSPS) is 14.1. The number of carbonyl (C=O) groups excluding carboxylic acids is 6. The molecule has 15 nitrogen and oxygen atoms in total. The van der Waals surface area contributed by atoms with Crippen LogP contribution in [0.3, 0.4) is 0 Å². The van der Waals surface area contributed by atoms with Gasteiger partial charge in [-0.05, 0) is 54.5 Å². The van der Waals surface area contributed by atoms with E-state index >= 15 is 0 Å². The third-order valence-corrected chi connectivity index (χ3v) is 10.2. The van der Waals surface area contributed by atoms with E-state index in [2.05, 4.69) is 31.0 Å². The van der Waals surface area contributed by atoms with Crippen molar-refractivity contribution in [2.24, 2.45) is 0 Å². The summed E-state index contributed by atoms with van der Waals surface area (Å²) >= 11 is 1.52. The Bertz CT molecular complexity index is 2060. The fourth-order valence-corrected chi connectivity index (χ4v) is 7.32. The van der Waals surface area contributed by atoms with E-state index in [4.69, 9.17) is 0 Å². The highest BCUT2D eigenvalue weighted by Crippen LogP contribution is 2.30. The lowest BCUT2D eigenvalue weighted by Gasteiger charge is -2.23. The van der Waals surface area contributed by atoms with Crippen molar-refractivity contribution in [2.75, 3.05) is 43.9 Å². The van der Waals surface area contributed by atoms with Crippen molar-refractivity contribution in [2.45, 2.75) is 44.7 Å². The number of anilines is 2. The molecule has 5 aromatic rings. The zero-order valence-corrected chi connectivity index (χ0v) is 32.6. The van der Waals surface area contributed by atoms with E-state index in [1.165, 1.54) is 25.4 Å². The van der Waals surface area contributed by atoms with Crippen LogP contribution in [0.4, 0.5) is 16.3 Å². The van der Waals surface area contributed by atoms with Gasteiger partial charge in [0.1, 0.15) is 12.1 Å². The summed E-state index contributed by atoms with van der Waals surface area (Å²) in [6.07, 6.45) is 8.50. The van der Waals surface area contributed by atoms with Crippen LogP contribution in [0.5, 0.6) is 0 Å². The number of nitrogens with one attached hydrogen (secondary N) is 4. The Morgan fingerprint density at radius 2 is 1.21 bits per heavy atom. The molecule has 2 fully saturated rings. The van der Waals surface area contributed by atoms with Crippen LogP contribution in [-0.2, 0) is 28.7 Å². The van der Waals surface area contributed by atoms with Crippen molar-refractivity contribution in [1.29, 1.82) is 0 Å². The molecule has 0 radical (unpaired) electrons. The number of nitrogens with zero attached hydrogens (tertiary/aromatic N) is 4. The van der Waals surface area contributed by atoms with Gasteiger partial charge in [-0.15, -0.1) is 0 Å². The van der Waals surface area contributed by atoms with Gasteiger partial charge in [0.05, 0.1) is 18.2 Å². The molecule has 2 unspecified atom stereocenters. The van der Waals surface area contributed by atoms with Crippen LogP contribution in [0.15, 0.2) is 97.3 Å². The minimum Gasteiger partial charge on any atom is -0.453 e. The molecule has 4 N–H and O–H groups in total. The molecule has 0 bridgehead atoms. The first-order valence-corrected chi connectivity index (χ1v) is 19.3. The van der Waals surface area contributed by atoms with Crippen LogP contribution in [0.1, 0.15) is 55.8 Å². The van der Waals surface area contributed by atoms with Crippen molar-refractivity contribution in [3.63, 3.8) is 0 Å². The number of benzene rings is 3. The Balaban J connectivity index is 0.000000163. The van der Waals surface area contributed by atoms with Crippen LogP contribution < -0.4 is 21.3 Å². The molecule has 4 heterocycles. The molecule has 57 heavy (non-hydrogen) atoms. The highest BCUT2D eigenvalue weighted by molar-refractivity contribution is 7.20. The molecule has 2 aliphatic rings. The molecule has 0 aliphatic carbocycles. The average molecular weight is 795 g/mol. The minimum atomic E-state index is -0.674. The van der Waals surface area contributed by atoms with Gasteiger partial charge in [0.15, 0.2) is 10.8 Å². The average Bonchev–Trinajstić information content (AvgIpc) is 4.07. The predicted molar refractivity (Wildman–Crippen MR) is 217 cm³/mol. The van der Waals surface area contributed by atoms with Crippen molar-refractivity contribution >= 4 is 64.4 Å².